The largest absolute Gasteiger partial charge is 0.461 e. The van der Waals surface area contributed by atoms with Gasteiger partial charge < -0.3 is 15.6 Å². The summed E-state index contributed by atoms with van der Waals surface area (Å²) in [5.41, 5.74) is 6.22. The van der Waals surface area contributed by atoms with Gasteiger partial charge in [0.15, 0.2) is 0 Å². The lowest BCUT2D eigenvalue weighted by Gasteiger charge is -2.19. The quantitative estimate of drug-likeness (QED) is 0.788. The first-order valence-corrected chi connectivity index (χ1v) is 5.66. The highest BCUT2D eigenvalue weighted by Crippen LogP contribution is 2.28. The second-order valence-electron chi connectivity index (χ2n) is 4.03. The van der Waals surface area contributed by atoms with Crippen LogP contribution < -0.4 is 10.5 Å². The van der Waals surface area contributed by atoms with Crippen molar-refractivity contribution in [1.29, 1.82) is 0 Å². The lowest BCUT2D eigenvalue weighted by molar-refractivity contribution is -0.253. The van der Waals surface area contributed by atoms with Crippen LogP contribution in [0.5, 0.6) is 5.75 Å². The number of aliphatic hydroxyl groups excluding tert-OH is 1. The number of alkyl halides is 4. The van der Waals surface area contributed by atoms with Gasteiger partial charge in [-0.3, -0.25) is 0 Å². The van der Waals surface area contributed by atoms with Gasteiger partial charge in [0.1, 0.15) is 5.75 Å². The molecule has 0 radical (unpaired) electrons. The zero-order chi connectivity index (χ0) is 14.6. The third kappa shape index (κ3) is 4.07. The molecule has 0 aliphatic rings. The van der Waals surface area contributed by atoms with E-state index in [9.17, 15) is 22.7 Å². The van der Waals surface area contributed by atoms with E-state index in [0.29, 0.717) is 12.0 Å². The molecule has 19 heavy (non-hydrogen) atoms. The molecular weight excluding hydrogens is 266 g/mol. The summed E-state index contributed by atoms with van der Waals surface area (Å²) in [6.45, 7) is 1.74. The summed E-state index contributed by atoms with van der Waals surface area (Å²) in [7, 11) is 0. The molecule has 0 fully saturated rings. The van der Waals surface area contributed by atoms with Crippen molar-refractivity contribution in [2.24, 2.45) is 5.73 Å². The van der Waals surface area contributed by atoms with Gasteiger partial charge in [-0.05, 0) is 24.1 Å². The van der Waals surface area contributed by atoms with Crippen LogP contribution in [0, 0.1) is 0 Å². The number of hydrogen-bond acceptors (Lipinski definition) is 3. The molecule has 1 aromatic rings. The molecule has 0 saturated heterocycles. The normalized spacial score (nSPS) is 15.4. The Bertz CT molecular complexity index is 397. The number of nitrogens with two attached hydrogens (primary N) is 1. The van der Waals surface area contributed by atoms with E-state index in [0.717, 1.165) is 12.1 Å². The molecule has 0 amide bonds. The van der Waals surface area contributed by atoms with Crippen LogP contribution in [-0.2, 0) is 0 Å². The van der Waals surface area contributed by atoms with Crippen LogP contribution in [0.4, 0.5) is 17.6 Å². The minimum atomic E-state index is -4.54. The first-order chi connectivity index (χ1) is 8.77. The topological polar surface area (TPSA) is 55.5 Å². The Balaban J connectivity index is 2.77. The molecule has 0 saturated carbocycles. The average molecular weight is 281 g/mol. The average Bonchev–Trinajstić information content (AvgIpc) is 2.37. The van der Waals surface area contributed by atoms with Crippen molar-refractivity contribution >= 4 is 0 Å². The summed E-state index contributed by atoms with van der Waals surface area (Å²) in [6.07, 6.45) is -8.78. The van der Waals surface area contributed by atoms with Gasteiger partial charge in [0.2, 0.25) is 0 Å². The van der Waals surface area contributed by atoms with E-state index < -0.39 is 30.4 Å². The molecule has 0 unspecified atom stereocenters. The van der Waals surface area contributed by atoms with Crippen molar-refractivity contribution in [3.05, 3.63) is 29.8 Å². The van der Waals surface area contributed by atoms with Crippen LogP contribution >= 0.6 is 0 Å². The highest BCUT2D eigenvalue weighted by Gasteiger charge is 2.43. The predicted octanol–water partition coefficient (Wildman–Crippen LogP) is 2.69. The van der Waals surface area contributed by atoms with Gasteiger partial charge in [-0.25, -0.2) is 0 Å². The molecule has 0 spiro atoms. The van der Waals surface area contributed by atoms with Crippen LogP contribution in [0.1, 0.15) is 24.9 Å². The SMILES string of the molecule is CC[C@@H](O)[C@@H](N)c1ccc(OC(F)(F)C(F)F)cc1. The molecule has 3 nitrogen and oxygen atoms in total. The summed E-state index contributed by atoms with van der Waals surface area (Å²) < 4.78 is 53.0. The Labute approximate surface area is 108 Å². The van der Waals surface area contributed by atoms with Gasteiger partial charge in [-0.1, -0.05) is 19.1 Å². The molecule has 0 aromatic heterocycles. The number of ether oxygens (including phenoxy) is 1. The number of aliphatic hydroxyl groups is 1. The predicted molar refractivity (Wildman–Crippen MR) is 61.2 cm³/mol. The highest BCUT2D eigenvalue weighted by molar-refractivity contribution is 5.29. The van der Waals surface area contributed by atoms with Crippen LogP contribution in [-0.4, -0.2) is 23.7 Å². The maximum absolute atomic E-state index is 12.6. The third-order valence-electron chi connectivity index (χ3n) is 2.61. The van der Waals surface area contributed by atoms with E-state index in [1.54, 1.807) is 6.92 Å². The van der Waals surface area contributed by atoms with Gasteiger partial charge in [0, 0.05) is 0 Å². The van der Waals surface area contributed by atoms with Crippen LogP contribution in [0.25, 0.3) is 0 Å². The Morgan fingerprint density at radius 2 is 1.79 bits per heavy atom. The van der Waals surface area contributed by atoms with Crippen LogP contribution in [0.15, 0.2) is 24.3 Å². The molecule has 0 heterocycles. The van der Waals surface area contributed by atoms with E-state index in [1.165, 1.54) is 12.1 Å². The maximum atomic E-state index is 12.6. The van der Waals surface area contributed by atoms with Crippen molar-refractivity contribution in [3.8, 4) is 5.75 Å². The minimum absolute atomic E-state index is 0.396. The Hall–Kier alpha value is -1.34. The maximum Gasteiger partial charge on any atom is 0.461 e. The Kier molecular flexibility index (Phi) is 5.13. The monoisotopic (exact) mass is 281 g/mol. The van der Waals surface area contributed by atoms with Crippen LogP contribution in [0.2, 0.25) is 0 Å². The molecule has 0 aliphatic heterocycles. The molecule has 108 valence electrons. The van der Waals surface area contributed by atoms with Gasteiger partial charge in [-0.2, -0.15) is 17.6 Å². The fraction of sp³-hybridized carbons (Fsp3) is 0.500. The second-order valence-corrected chi connectivity index (χ2v) is 4.03. The number of halogens is 4. The van der Waals surface area contributed by atoms with E-state index in [1.807, 2.05) is 0 Å². The molecule has 0 bridgehead atoms. The van der Waals surface area contributed by atoms with E-state index in [4.69, 9.17) is 5.73 Å². The van der Waals surface area contributed by atoms with Crippen LogP contribution in [0.3, 0.4) is 0 Å². The lowest BCUT2D eigenvalue weighted by Crippen LogP contribution is -2.33. The van der Waals surface area contributed by atoms with Gasteiger partial charge in [0.05, 0.1) is 12.1 Å². The first kappa shape index (κ1) is 15.7. The smallest absolute Gasteiger partial charge is 0.428 e. The van der Waals surface area contributed by atoms with Gasteiger partial charge in [-0.15, -0.1) is 0 Å². The minimum Gasteiger partial charge on any atom is -0.428 e. The summed E-state index contributed by atoms with van der Waals surface area (Å²) in [6, 6.07) is 4.23. The Morgan fingerprint density at radius 1 is 1.26 bits per heavy atom. The summed E-state index contributed by atoms with van der Waals surface area (Å²) in [4.78, 5) is 0. The number of rotatable bonds is 6. The number of benzene rings is 1. The van der Waals surface area contributed by atoms with Crippen molar-refractivity contribution in [3.63, 3.8) is 0 Å². The van der Waals surface area contributed by atoms with E-state index >= 15 is 0 Å². The molecule has 2 atom stereocenters. The summed E-state index contributed by atoms with van der Waals surface area (Å²) >= 11 is 0. The molecular formula is C12H15F4NO2. The van der Waals surface area contributed by atoms with Gasteiger partial charge >= 0.3 is 12.5 Å². The third-order valence-corrected chi connectivity index (χ3v) is 2.61. The van der Waals surface area contributed by atoms with Crippen molar-refractivity contribution in [2.45, 2.75) is 38.0 Å². The van der Waals surface area contributed by atoms with E-state index in [2.05, 4.69) is 4.74 Å². The fourth-order valence-electron chi connectivity index (χ4n) is 1.44. The van der Waals surface area contributed by atoms with E-state index in [-0.39, 0.29) is 0 Å². The summed E-state index contributed by atoms with van der Waals surface area (Å²) in [5, 5.41) is 9.53. The first-order valence-electron chi connectivity index (χ1n) is 5.66. The van der Waals surface area contributed by atoms with Crippen molar-refractivity contribution in [2.75, 3.05) is 0 Å². The fourth-order valence-corrected chi connectivity index (χ4v) is 1.44. The molecule has 0 aliphatic carbocycles. The van der Waals surface area contributed by atoms with Crippen molar-refractivity contribution < 1.29 is 27.4 Å². The molecule has 1 rings (SSSR count). The van der Waals surface area contributed by atoms with Crippen molar-refractivity contribution in [1.82, 2.24) is 0 Å². The highest BCUT2D eigenvalue weighted by atomic mass is 19.3. The lowest BCUT2D eigenvalue weighted by atomic mass is 10.0. The Morgan fingerprint density at radius 3 is 2.21 bits per heavy atom. The number of hydrogen-bond donors (Lipinski definition) is 2. The zero-order valence-corrected chi connectivity index (χ0v) is 10.2. The zero-order valence-electron chi connectivity index (χ0n) is 10.2. The molecule has 3 N–H and O–H groups in total. The summed E-state index contributed by atoms with van der Waals surface area (Å²) in [5.74, 6) is -0.396. The second kappa shape index (κ2) is 6.21. The molecule has 7 heteroatoms. The molecule has 1 aromatic carbocycles. The standard InChI is InChI=1S/C12H15F4NO2/c1-2-9(18)10(17)7-3-5-8(6-4-7)19-12(15,16)11(13)14/h3-6,9-11,18H,2,17H2,1H3/t9-,10+/m1/s1. The van der Waals surface area contributed by atoms with Gasteiger partial charge in [0.25, 0.3) is 0 Å².